The minimum atomic E-state index is -0.296. The van der Waals surface area contributed by atoms with Crippen molar-refractivity contribution >= 4 is 5.91 Å². The molecule has 2 fully saturated rings. The molecule has 4 heteroatoms. The van der Waals surface area contributed by atoms with E-state index in [0.717, 1.165) is 19.4 Å². The van der Waals surface area contributed by atoms with Gasteiger partial charge in [0.1, 0.15) is 0 Å². The van der Waals surface area contributed by atoms with Crippen LogP contribution in [0.15, 0.2) is 18.2 Å². The van der Waals surface area contributed by atoms with Crippen LogP contribution in [0.3, 0.4) is 0 Å². The zero-order chi connectivity index (χ0) is 14.1. The van der Waals surface area contributed by atoms with E-state index in [2.05, 4.69) is 0 Å². The van der Waals surface area contributed by atoms with E-state index in [1.165, 1.54) is 31.7 Å². The first kappa shape index (κ1) is 13.3. The third kappa shape index (κ3) is 2.23. The Morgan fingerprint density at radius 1 is 1.10 bits per heavy atom. The standard InChI is InChI=1S/C16H21NO3/c18-14-9-3-7-12(15(14)19)16(20)17-10-4-6-11-5-1-2-8-13(11)17/h3,7,9,11,13,18-19H,1-2,4-6,8,10H2. The second-order valence-corrected chi connectivity index (χ2v) is 5.93. The highest BCUT2D eigenvalue weighted by atomic mass is 16.3. The number of phenolic OH excluding ortho intramolecular Hbond substituents is 2. The molecule has 1 heterocycles. The van der Waals surface area contributed by atoms with Gasteiger partial charge in [0.2, 0.25) is 0 Å². The number of para-hydroxylation sites is 1. The average Bonchev–Trinajstić information content (AvgIpc) is 2.49. The quantitative estimate of drug-likeness (QED) is 0.775. The number of amides is 1. The molecule has 0 spiro atoms. The van der Waals surface area contributed by atoms with Crippen LogP contribution in [-0.4, -0.2) is 33.6 Å². The fourth-order valence-electron chi connectivity index (χ4n) is 3.74. The molecule has 1 saturated carbocycles. The van der Waals surface area contributed by atoms with E-state index in [4.69, 9.17) is 0 Å². The van der Waals surface area contributed by atoms with Gasteiger partial charge in [0.15, 0.2) is 11.5 Å². The second kappa shape index (κ2) is 5.35. The third-order valence-electron chi connectivity index (χ3n) is 4.75. The number of phenols is 2. The molecule has 1 saturated heterocycles. The van der Waals surface area contributed by atoms with Crippen molar-refractivity contribution in [3.63, 3.8) is 0 Å². The number of likely N-dealkylation sites (tertiary alicyclic amines) is 1. The maximum atomic E-state index is 12.7. The number of hydrogen-bond donors (Lipinski definition) is 2. The summed E-state index contributed by atoms with van der Waals surface area (Å²) >= 11 is 0. The molecule has 108 valence electrons. The van der Waals surface area contributed by atoms with Crippen LogP contribution < -0.4 is 0 Å². The zero-order valence-electron chi connectivity index (χ0n) is 11.6. The van der Waals surface area contributed by atoms with Crippen molar-refractivity contribution in [2.45, 2.75) is 44.6 Å². The van der Waals surface area contributed by atoms with Crippen molar-refractivity contribution in [3.05, 3.63) is 23.8 Å². The number of aromatic hydroxyl groups is 2. The van der Waals surface area contributed by atoms with Crippen molar-refractivity contribution in [1.29, 1.82) is 0 Å². The van der Waals surface area contributed by atoms with Crippen LogP contribution in [0.5, 0.6) is 11.5 Å². The van der Waals surface area contributed by atoms with Crippen LogP contribution in [-0.2, 0) is 0 Å². The van der Waals surface area contributed by atoms with Gasteiger partial charge in [-0.2, -0.15) is 0 Å². The summed E-state index contributed by atoms with van der Waals surface area (Å²) in [4.78, 5) is 14.6. The monoisotopic (exact) mass is 275 g/mol. The molecule has 0 radical (unpaired) electrons. The van der Waals surface area contributed by atoms with Crippen LogP contribution in [0.1, 0.15) is 48.9 Å². The Hall–Kier alpha value is -1.71. The highest BCUT2D eigenvalue weighted by molar-refractivity contribution is 5.97. The number of hydrogen-bond acceptors (Lipinski definition) is 3. The molecule has 2 atom stereocenters. The molecular weight excluding hydrogens is 254 g/mol. The fraction of sp³-hybridized carbons (Fsp3) is 0.562. The van der Waals surface area contributed by atoms with Crippen LogP contribution in [0, 0.1) is 5.92 Å². The summed E-state index contributed by atoms with van der Waals surface area (Å²) in [6.45, 7) is 0.759. The van der Waals surface area contributed by atoms with E-state index < -0.39 is 0 Å². The van der Waals surface area contributed by atoms with Crippen molar-refractivity contribution < 1.29 is 15.0 Å². The van der Waals surface area contributed by atoms with E-state index >= 15 is 0 Å². The fourth-order valence-corrected chi connectivity index (χ4v) is 3.74. The minimum absolute atomic E-state index is 0.144. The number of carbonyl (C=O) groups excluding carboxylic acids is 1. The van der Waals surface area contributed by atoms with Gasteiger partial charge in [-0.3, -0.25) is 4.79 Å². The van der Waals surface area contributed by atoms with Gasteiger partial charge in [0, 0.05) is 12.6 Å². The van der Waals surface area contributed by atoms with Gasteiger partial charge >= 0.3 is 0 Å². The first-order valence-corrected chi connectivity index (χ1v) is 7.50. The molecule has 1 amide bonds. The summed E-state index contributed by atoms with van der Waals surface area (Å²) in [6.07, 6.45) is 6.96. The maximum absolute atomic E-state index is 12.7. The molecule has 2 N–H and O–H groups in total. The average molecular weight is 275 g/mol. The SMILES string of the molecule is O=C(c1cccc(O)c1O)N1CCCC2CCCCC21. The van der Waals surface area contributed by atoms with Crippen LogP contribution in [0.4, 0.5) is 0 Å². The number of benzene rings is 1. The molecule has 1 aliphatic heterocycles. The molecule has 2 aliphatic rings. The Labute approximate surface area is 119 Å². The second-order valence-electron chi connectivity index (χ2n) is 5.93. The topological polar surface area (TPSA) is 60.8 Å². The van der Waals surface area contributed by atoms with E-state index in [1.807, 2.05) is 4.90 Å². The number of nitrogens with zero attached hydrogens (tertiary/aromatic N) is 1. The lowest BCUT2D eigenvalue weighted by Gasteiger charge is -2.44. The summed E-state index contributed by atoms with van der Waals surface area (Å²) in [7, 11) is 0. The predicted molar refractivity (Wildman–Crippen MR) is 75.8 cm³/mol. The molecule has 2 unspecified atom stereocenters. The largest absolute Gasteiger partial charge is 0.504 e. The zero-order valence-corrected chi connectivity index (χ0v) is 11.6. The predicted octanol–water partition coefficient (Wildman–Crippen LogP) is 2.89. The molecule has 4 nitrogen and oxygen atoms in total. The summed E-state index contributed by atoms with van der Waals surface area (Å²) in [5, 5.41) is 19.5. The van der Waals surface area contributed by atoms with Gasteiger partial charge in [-0.15, -0.1) is 0 Å². The number of rotatable bonds is 1. The summed E-state index contributed by atoms with van der Waals surface area (Å²) in [5.74, 6) is -0.0561. The van der Waals surface area contributed by atoms with Gasteiger partial charge in [-0.05, 0) is 43.7 Å². The normalized spacial score (nSPS) is 26.1. The highest BCUT2D eigenvalue weighted by Gasteiger charge is 2.36. The van der Waals surface area contributed by atoms with Gasteiger partial charge in [0.05, 0.1) is 5.56 Å². The Morgan fingerprint density at radius 3 is 2.70 bits per heavy atom. The van der Waals surface area contributed by atoms with Crippen molar-refractivity contribution in [3.8, 4) is 11.5 Å². The summed E-state index contributed by atoms with van der Waals surface area (Å²) in [6, 6.07) is 4.90. The van der Waals surface area contributed by atoms with E-state index in [0.29, 0.717) is 12.0 Å². The summed E-state index contributed by atoms with van der Waals surface area (Å²) < 4.78 is 0. The van der Waals surface area contributed by atoms with Crippen LogP contribution in [0.25, 0.3) is 0 Å². The third-order valence-corrected chi connectivity index (χ3v) is 4.75. The lowest BCUT2D eigenvalue weighted by atomic mass is 9.78. The smallest absolute Gasteiger partial charge is 0.258 e. The minimum Gasteiger partial charge on any atom is -0.504 e. The van der Waals surface area contributed by atoms with E-state index in [1.54, 1.807) is 12.1 Å². The van der Waals surface area contributed by atoms with Gasteiger partial charge in [0.25, 0.3) is 5.91 Å². The first-order valence-electron chi connectivity index (χ1n) is 7.50. The van der Waals surface area contributed by atoms with Gasteiger partial charge in [-0.1, -0.05) is 18.9 Å². The Balaban J connectivity index is 1.87. The van der Waals surface area contributed by atoms with Gasteiger partial charge < -0.3 is 15.1 Å². The maximum Gasteiger partial charge on any atom is 0.258 e. The molecule has 20 heavy (non-hydrogen) atoms. The number of fused-ring (bicyclic) bond motifs is 1. The highest BCUT2D eigenvalue weighted by Crippen LogP contribution is 2.37. The molecule has 1 aromatic rings. The van der Waals surface area contributed by atoms with Crippen molar-refractivity contribution in [2.24, 2.45) is 5.92 Å². The molecule has 3 rings (SSSR count). The first-order chi connectivity index (χ1) is 9.68. The molecule has 0 bridgehead atoms. The molecule has 0 aromatic heterocycles. The van der Waals surface area contributed by atoms with E-state index in [9.17, 15) is 15.0 Å². The lowest BCUT2D eigenvalue weighted by Crippen LogP contribution is -2.49. The number of carbonyl (C=O) groups is 1. The number of piperidine rings is 1. The van der Waals surface area contributed by atoms with Gasteiger partial charge in [-0.25, -0.2) is 0 Å². The Kier molecular flexibility index (Phi) is 3.55. The molecule has 1 aliphatic carbocycles. The van der Waals surface area contributed by atoms with Crippen LogP contribution in [0.2, 0.25) is 0 Å². The van der Waals surface area contributed by atoms with Crippen LogP contribution >= 0.6 is 0 Å². The molecular formula is C16H21NO3. The Bertz CT molecular complexity index is 512. The lowest BCUT2D eigenvalue weighted by molar-refractivity contribution is 0.0387. The summed E-state index contributed by atoms with van der Waals surface area (Å²) in [5.41, 5.74) is 0.219. The molecule has 1 aromatic carbocycles. The van der Waals surface area contributed by atoms with E-state index in [-0.39, 0.29) is 23.0 Å². The Morgan fingerprint density at radius 2 is 1.85 bits per heavy atom. The van der Waals surface area contributed by atoms with Crippen molar-refractivity contribution in [1.82, 2.24) is 4.90 Å². The van der Waals surface area contributed by atoms with Crippen molar-refractivity contribution in [2.75, 3.05) is 6.54 Å².